The van der Waals surface area contributed by atoms with Gasteiger partial charge in [0.2, 0.25) is 5.88 Å². The van der Waals surface area contributed by atoms with Gasteiger partial charge in [-0.05, 0) is 43.2 Å². The number of rotatable bonds is 7. The second-order valence-electron chi connectivity index (χ2n) is 6.51. The molecule has 0 N–H and O–H groups in total. The van der Waals surface area contributed by atoms with Crippen LogP contribution in [0.15, 0.2) is 36.4 Å². The van der Waals surface area contributed by atoms with Crippen LogP contribution in [0.5, 0.6) is 17.4 Å². The van der Waals surface area contributed by atoms with Crippen molar-refractivity contribution in [2.75, 3.05) is 6.61 Å². The summed E-state index contributed by atoms with van der Waals surface area (Å²) in [6.07, 6.45) is -5.49. The summed E-state index contributed by atoms with van der Waals surface area (Å²) in [5, 5.41) is 8.88. The first-order valence-electron chi connectivity index (χ1n) is 8.69. The lowest BCUT2D eigenvalue weighted by molar-refractivity contribution is -0.152. The summed E-state index contributed by atoms with van der Waals surface area (Å²) >= 11 is 0. The van der Waals surface area contributed by atoms with Gasteiger partial charge in [0, 0.05) is 6.07 Å². The number of hydrogen-bond acceptors (Lipinski definition) is 6. The predicted molar refractivity (Wildman–Crippen MR) is 96.4 cm³/mol. The fraction of sp³-hybridized carbons (Fsp3) is 0.350. The molecule has 0 aliphatic heterocycles. The van der Waals surface area contributed by atoms with Crippen LogP contribution in [0.3, 0.4) is 0 Å². The highest BCUT2D eigenvalue weighted by Crippen LogP contribution is 2.33. The van der Waals surface area contributed by atoms with E-state index in [0.29, 0.717) is 12.4 Å². The largest absolute Gasteiger partial charge is 0.479 e. The zero-order valence-electron chi connectivity index (χ0n) is 16.0. The SMILES string of the molecule is CC(C)COC(=O)C(C)Oc1ccc(Oc2ccc(C(F)(F)F)c(C#N)n2)cc1. The van der Waals surface area contributed by atoms with E-state index in [0.717, 1.165) is 12.1 Å². The maximum Gasteiger partial charge on any atom is 0.419 e. The van der Waals surface area contributed by atoms with Gasteiger partial charge in [0.05, 0.1) is 12.2 Å². The molecule has 0 aliphatic carbocycles. The average Bonchev–Trinajstić information content (AvgIpc) is 2.66. The number of benzene rings is 1. The van der Waals surface area contributed by atoms with Crippen molar-refractivity contribution >= 4 is 5.97 Å². The van der Waals surface area contributed by atoms with Crippen LogP contribution in [-0.4, -0.2) is 23.7 Å². The van der Waals surface area contributed by atoms with E-state index in [1.807, 2.05) is 13.8 Å². The highest BCUT2D eigenvalue weighted by atomic mass is 19.4. The number of esters is 1. The van der Waals surface area contributed by atoms with E-state index in [4.69, 9.17) is 19.5 Å². The summed E-state index contributed by atoms with van der Waals surface area (Å²) in [7, 11) is 0. The van der Waals surface area contributed by atoms with E-state index in [-0.39, 0.29) is 17.5 Å². The summed E-state index contributed by atoms with van der Waals surface area (Å²) in [6.45, 7) is 5.69. The Balaban J connectivity index is 2.02. The molecule has 0 saturated carbocycles. The van der Waals surface area contributed by atoms with Gasteiger partial charge in [0.1, 0.15) is 17.6 Å². The molecule has 0 amide bonds. The molecule has 6 nitrogen and oxygen atoms in total. The normalized spacial score (nSPS) is 12.2. The van der Waals surface area contributed by atoms with E-state index in [1.165, 1.54) is 30.3 Å². The number of ether oxygens (including phenoxy) is 3. The third-order valence-corrected chi connectivity index (χ3v) is 3.53. The molecular weight excluding hydrogens is 389 g/mol. The molecule has 0 aliphatic rings. The maximum atomic E-state index is 12.8. The zero-order valence-corrected chi connectivity index (χ0v) is 16.0. The summed E-state index contributed by atoms with van der Waals surface area (Å²) in [6, 6.07) is 9.21. The van der Waals surface area contributed by atoms with Crippen LogP contribution in [-0.2, 0) is 15.7 Å². The summed E-state index contributed by atoms with van der Waals surface area (Å²) < 4.78 is 54.4. The van der Waals surface area contributed by atoms with Gasteiger partial charge in [-0.2, -0.15) is 18.4 Å². The third kappa shape index (κ3) is 6.38. The van der Waals surface area contributed by atoms with Crippen LogP contribution in [0.4, 0.5) is 13.2 Å². The van der Waals surface area contributed by atoms with E-state index in [9.17, 15) is 18.0 Å². The highest BCUT2D eigenvalue weighted by Gasteiger charge is 2.34. The van der Waals surface area contributed by atoms with Gasteiger partial charge in [-0.1, -0.05) is 13.8 Å². The minimum Gasteiger partial charge on any atom is -0.479 e. The Morgan fingerprint density at radius 2 is 1.72 bits per heavy atom. The molecule has 0 fully saturated rings. The lowest BCUT2D eigenvalue weighted by Gasteiger charge is -2.15. The van der Waals surface area contributed by atoms with Crippen LogP contribution >= 0.6 is 0 Å². The van der Waals surface area contributed by atoms with Gasteiger partial charge in [-0.25, -0.2) is 9.78 Å². The topological polar surface area (TPSA) is 81.4 Å². The van der Waals surface area contributed by atoms with Crippen molar-refractivity contribution in [3.05, 3.63) is 47.7 Å². The zero-order chi connectivity index (χ0) is 21.6. The molecule has 9 heteroatoms. The first-order valence-corrected chi connectivity index (χ1v) is 8.69. The van der Waals surface area contributed by atoms with Crippen molar-refractivity contribution in [2.24, 2.45) is 5.92 Å². The Morgan fingerprint density at radius 3 is 2.28 bits per heavy atom. The number of carbonyl (C=O) groups is 1. The van der Waals surface area contributed by atoms with E-state index in [1.54, 1.807) is 6.92 Å². The van der Waals surface area contributed by atoms with E-state index in [2.05, 4.69) is 4.98 Å². The lowest BCUT2D eigenvalue weighted by Crippen LogP contribution is -2.27. The Kier molecular flexibility index (Phi) is 7.04. The number of alkyl halides is 3. The van der Waals surface area contributed by atoms with Crippen LogP contribution in [0.2, 0.25) is 0 Å². The van der Waals surface area contributed by atoms with Crippen LogP contribution in [0, 0.1) is 17.2 Å². The Labute approximate surface area is 165 Å². The molecule has 2 rings (SSSR count). The van der Waals surface area contributed by atoms with Gasteiger partial charge < -0.3 is 14.2 Å². The van der Waals surface area contributed by atoms with Gasteiger partial charge >= 0.3 is 12.1 Å². The van der Waals surface area contributed by atoms with Crippen molar-refractivity contribution in [1.29, 1.82) is 5.26 Å². The molecule has 0 radical (unpaired) electrons. The molecule has 0 spiro atoms. The fourth-order valence-electron chi connectivity index (χ4n) is 2.14. The van der Waals surface area contributed by atoms with Crippen LogP contribution in [0.1, 0.15) is 32.0 Å². The first-order chi connectivity index (χ1) is 13.6. The molecule has 1 atom stereocenters. The molecule has 1 unspecified atom stereocenters. The summed E-state index contributed by atoms with van der Waals surface area (Å²) in [4.78, 5) is 15.4. The van der Waals surface area contributed by atoms with Gasteiger partial charge in [0.25, 0.3) is 0 Å². The molecule has 154 valence electrons. The van der Waals surface area contributed by atoms with Crippen LogP contribution in [0.25, 0.3) is 0 Å². The number of hydrogen-bond donors (Lipinski definition) is 0. The second-order valence-corrected chi connectivity index (χ2v) is 6.51. The number of halogens is 3. The minimum absolute atomic E-state index is 0.158. The molecule has 0 bridgehead atoms. The Morgan fingerprint density at radius 1 is 1.10 bits per heavy atom. The molecular formula is C20H19F3N2O4. The number of aromatic nitrogens is 1. The maximum absolute atomic E-state index is 12.8. The lowest BCUT2D eigenvalue weighted by atomic mass is 10.2. The fourth-order valence-corrected chi connectivity index (χ4v) is 2.14. The smallest absolute Gasteiger partial charge is 0.419 e. The minimum atomic E-state index is -4.68. The van der Waals surface area contributed by atoms with Crippen molar-refractivity contribution in [3.8, 4) is 23.4 Å². The van der Waals surface area contributed by atoms with Crippen LogP contribution < -0.4 is 9.47 Å². The molecule has 1 aromatic heterocycles. The van der Waals surface area contributed by atoms with E-state index >= 15 is 0 Å². The molecule has 0 saturated heterocycles. The Hall–Kier alpha value is -3.28. The number of nitrogens with zero attached hydrogens (tertiary/aromatic N) is 2. The molecule has 2 aromatic rings. The van der Waals surface area contributed by atoms with Crippen molar-refractivity contribution < 1.29 is 32.2 Å². The van der Waals surface area contributed by atoms with Crippen molar-refractivity contribution in [3.63, 3.8) is 0 Å². The second kappa shape index (κ2) is 9.28. The van der Waals surface area contributed by atoms with Crippen molar-refractivity contribution in [1.82, 2.24) is 4.98 Å². The monoisotopic (exact) mass is 408 g/mol. The standard InChI is InChI=1S/C20H19F3N2O4/c1-12(2)11-27-19(26)13(3)28-14-4-6-15(7-5-14)29-18-9-8-16(20(21,22)23)17(10-24)25-18/h4-9,12-13H,11H2,1-3H3. The Bertz CT molecular complexity index is 890. The van der Waals surface area contributed by atoms with E-state index < -0.39 is 29.5 Å². The number of carbonyl (C=O) groups excluding carboxylic acids is 1. The van der Waals surface area contributed by atoms with Crippen molar-refractivity contribution in [2.45, 2.75) is 33.1 Å². The summed E-state index contributed by atoms with van der Waals surface area (Å²) in [5.74, 6) is 0.210. The molecule has 1 heterocycles. The quantitative estimate of drug-likeness (QED) is 0.616. The predicted octanol–water partition coefficient (Wildman–Crippen LogP) is 4.73. The highest BCUT2D eigenvalue weighted by molar-refractivity contribution is 5.74. The summed E-state index contributed by atoms with van der Waals surface area (Å²) in [5.41, 5.74) is -1.90. The van der Waals surface area contributed by atoms with Gasteiger partial charge in [-0.15, -0.1) is 0 Å². The number of nitriles is 1. The van der Waals surface area contributed by atoms with Gasteiger partial charge in [0.15, 0.2) is 11.8 Å². The molecule has 29 heavy (non-hydrogen) atoms. The molecule has 1 aromatic carbocycles. The number of pyridine rings is 1. The van der Waals surface area contributed by atoms with Gasteiger partial charge in [-0.3, -0.25) is 0 Å². The first kappa shape index (κ1) is 22.0. The average molecular weight is 408 g/mol. The third-order valence-electron chi connectivity index (χ3n) is 3.53.